The molecule has 1 nitrogen and oxygen atoms in total. The van der Waals surface area contributed by atoms with E-state index >= 15 is 0 Å². The Morgan fingerprint density at radius 2 is 1.36 bits per heavy atom. The third-order valence-corrected chi connectivity index (χ3v) is 1.01. The van der Waals surface area contributed by atoms with Crippen LogP contribution in [0.5, 0.6) is 0 Å². The molecule has 0 aliphatic carbocycles. The summed E-state index contributed by atoms with van der Waals surface area (Å²) in [7, 11) is 0. The Balaban J connectivity index is 0.000001000. The van der Waals surface area contributed by atoms with E-state index in [1.807, 2.05) is 0 Å². The van der Waals surface area contributed by atoms with E-state index in [2.05, 4.69) is 0 Å². The Kier molecular flexibility index (Phi) is 3.32. The van der Waals surface area contributed by atoms with Crippen LogP contribution in [0.2, 0.25) is 0 Å². The Bertz CT molecular complexity index is 209. The lowest BCUT2D eigenvalue weighted by molar-refractivity contribution is -0.854. The first-order chi connectivity index (χ1) is 4.61. The van der Waals surface area contributed by atoms with Crippen LogP contribution < -0.4 is 17.0 Å². The largest absolute Gasteiger partial charge is 1.00 e. The van der Waals surface area contributed by atoms with Gasteiger partial charge in [-0.2, -0.15) is 0 Å². The van der Waals surface area contributed by atoms with Crippen LogP contribution in [-0.4, -0.2) is 0 Å². The van der Waals surface area contributed by atoms with Crippen LogP contribution in [0.1, 0.15) is 0 Å². The first-order valence-corrected chi connectivity index (χ1v) is 2.64. The monoisotopic (exact) mass is 183 g/mol. The summed E-state index contributed by atoms with van der Waals surface area (Å²) in [5, 5.41) is 0. The molecule has 11 heavy (non-hydrogen) atoms. The molecule has 62 valence electrons. The molecule has 0 fully saturated rings. The molecule has 0 radical (unpaired) electrons. The second-order valence-electron chi connectivity index (χ2n) is 1.75. The summed E-state index contributed by atoms with van der Waals surface area (Å²) in [5.74, 6) is 0. The average Bonchev–Trinajstić information content (AvgIpc) is 1.88. The molecule has 0 saturated heterocycles. The summed E-state index contributed by atoms with van der Waals surface area (Å²) in [6, 6.07) is 4.18. The van der Waals surface area contributed by atoms with Crippen LogP contribution in [0.3, 0.4) is 0 Å². The Morgan fingerprint density at radius 1 is 0.909 bits per heavy atom. The third kappa shape index (κ3) is 2.76. The lowest BCUT2D eigenvalue weighted by atomic mass is 10.5. The van der Waals surface area contributed by atoms with E-state index < -0.39 is 6.30 Å². The van der Waals surface area contributed by atoms with Crippen LogP contribution >= 0.6 is 0 Å². The van der Waals surface area contributed by atoms with Crippen LogP contribution in [0, 0.1) is 0 Å². The van der Waals surface area contributed by atoms with E-state index in [9.17, 15) is 13.2 Å². The molecule has 0 aromatic carbocycles. The van der Waals surface area contributed by atoms with E-state index in [-0.39, 0.29) is 17.0 Å². The van der Waals surface area contributed by atoms with Crippen molar-refractivity contribution in [2.45, 2.75) is 6.30 Å². The molecule has 1 aromatic rings. The van der Waals surface area contributed by atoms with Crippen LogP contribution in [-0.2, 0) is 6.30 Å². The fourth-order valence-electron chi connectivity index (χ4n) is 0.568. The number of hydrogen-bond acceptors (Lipinski definition) is 0. The molecule has 5 heteroatoms. The van der Waals surface area contributed by atoms with Gasteiger partial charge in [0, 0.05) is 12.1 Å². The quantitative estimate of drug-likeness (QED) is 0.429. The Hall–Kier alpha value is -0.770. The molecule has 0 aliphatic rings. The summed E-state index contributed by atoms with van der Waals surface area (Å²) in [5.41, 5.74) is 0. The first kappa shape index (κ1) is 10.2. The van der Waals surface area contributed by atoms with Gasteiger partial charge in [0.15, 0.2) is 12.4 Å². The van der Waals surface area contributed by atoms with Crippen LogP contribution in [0.25, 0.3) is 0 Å². The van der Waals surface area contributed by atoms with Crippen molar-refractivity contribution in [2.24, 2.45) is 0 Å². The van der Waals surface area contributed by atoms with Gasteiger partial charge in [-0.1, -0.05) is 6.07 Å². The van der Waals surface area contributed by atoms with Gasteiger partial charge in [-0.05, 0) is 0 Å². The van der Waals surface area contributed by atoms with E-state index in [0.29, 0.717) is 0 Å². The lowest BCUT2D eigenvalue weighted by Crippen LogP contribution is -3.00. The fourth-order valence-corrected chi connectivity index (χ4v) is 0.568. The van der Waals surface area contributed by atoms with Gasteiger partial charge < -0.3 is 12.4 Å². The van der Waals surface area contributed by atoms with Gasteiger partial charge in [0.1, 0.15) is 0 Å². The predicted octanol–water partition coefficient (Wildman–Crippen LogP) is -1.55. The SMILES string of the molecule is FC(F)(F)[n+]1ccccc1.[Cl-]. The van der Waals surface area contributed by atoms with Crippen molar-refractivity contribution in [2.75, 3.05) is 0 Å². The molecular weight excluding hydrogens is 179 g/mol. The standard InChI is InChI=1S/C6H5F3N.ClH/c7-6(8,9)10-4-2-1-3-5-10;/h1-5H;1H/q+1;/p-1. The van der Waals surface area contributed by atoms with Crippen molar-refractivity contribution in [3.63, 3.8) is 0 Å². The van der Waals surface area contributed by atoms with Crippen molar-refractivity contribution in [1.82, 2.24) is 0 Å². The van der Waals surface area contributed by atoms with Gasteiger partial charge in [-0.25, -0.2) is 0 Å². The minimum absolute atomic E-state index is 0. The van der Waals surface area contributed by atoms with Gasteiger partial charge in [0.25, 0.3) is 0 Å². The molecule has 1 aromatic heterocycles. The normalized spacial score (nSPS) is 10.5. The van der Waals surface area contributed by atoms with Crippen molar-refractivity contribution in [3.05, 3.63) is 30.6 Å². The molecule has 0 unspecified atom stereocenters. The summed E-state index contributed by atoms with van der Waals surface area (Å²) in [6.45, 7) is 0. The second-order valence-corrected chi connectivity index (χ2v) is 1.75. The number of aromatic nitrogens is 1. The van der Waals surface area contributed by atoms with Crippen LogP contribution in [0.4, 0.5) is 13.2 Å². The maximum absolute atomic E-state index is 11.8. The zero-order valence-corrected chi connectivity index (χ0v) is 6.10. The Labute approximate surface area is 67.9 Å². The maximum atomic E-state index is 11.8. The highest BCUT2D eigenvalue weighted by Gasteiger charge is 2.40. The highest BCUT2D eigenvalue weighted by molar-refractivity contribution is 4.83. The zero-order valence-electron chi connectivity index (χ0n) is 5.35. The van der Waals surface area contributed by atoms with Gasteiger partial charge in [0.05, 0.1) is 0 Å². The van der Waals surface area contributed by atoms with E-state index in [1.54, 1.807) is 0 Å². The minimum Gasteiger partial charge on any atom is -1.00 e. The fraction of sp³-hybridized carbons (Fsp3) is 0.167. The maximum Gasteiger partial charge on any atom is 0.637 e. The molecule has 0 N–H and O–H groups in total. The van der Waals surface area contributed by atoms with E-state index in [1.165, 1.54) is 18.2 Å². The molecule has 0 amide bonds. The summed E-state index contributed by atoms with van der Waals surface area (Å²) >= 11 is 0. The van der Waals surface area contributed by atoms with Crippen LogP contribution in [0.15, 0.2) is 30.6 Å². The third-order valence-electron chi connectivity index (χ3n) is 1.01. The minimum atomic E-state index is -4.29. The van der Waals surface area contributed by atoms with Gasteiger partial charge in [-0.3, -0.25) is 0 Å². The summed E-state index contributed by atoms with van der Waals surface area (Å²) < 4.78 is 35.4. The molecule has 1 heterocycles. The topological polar surface area (TPSA) is 3.88 Å². The number of rotatable bonds is 0. The predicted molar refractivity (Wildman–Crippen MR) is 27.9 cm³/mol. The van der Waals surface area contributed by atoms with Crippen molar-refractivity contribution in [1.29, 1.82) is 0 Å². The van der Waals surface area contributed by atoms with Gasteiger partial charge in [-0.15, -0.1) is 17.7 Å². The van der Waals surface area contributed by atoms with E-state index in [4.69, 9.17) is 0 Å². The lowest BCUT2D eigenvalue weighted by Gasteiger charge is -1.96. The van der Waals surface area contributed by atoms with Gasteiger partial charge >= 0.3 is 6.30 Å². The molecule has 0 bridgehead atoms. The highest BCUT2D eigenvalue weighted by Crippen LogP contribution is 2.12. The van der Waals surface area contributed by atoms with Gasteiger partial charge in [0.2, 0.25) is 0 Å². The Morgan fingerprint density at radius 3 is 1.64 bits per heavy atom. The average molecular weight is 184 g/mol. The zero-order chi connectivity index (χ0) is 7.61. The molecule has 0 aliphatic heterocycles. The molecule has 0 spiro atoms. The number of hydrogen-bond donors (Lipinski definition) is 0. The molecular formula is C6H5ClF3N. The number of pyridine rings is 1. The molecule has 0 atom stereocenters. The summed E-state index contributed by atoms with van der Waals surface area (Å²) in [6.07, 6.45) is -2.37. The van der Waals surface area contributed by atoms with Crippen molar-refractivity contribution < 1.29 is 30.1 Å². The molecule has 1 rings (SSSR count). The number of nitrogens with zero attached hydrogens (tertiary/aromatic N) is 1. The highest BCUT2D eigenvalue weighted by atomic mass is 35.5. The number of halogens is 4. The summed E-state index contributed by atoms with van der Waals surface area (Å²) in [4.78, 5) is 0. The number of alkyl halides is 3. The van der Waals surface area contributed by atoms with Crippen molar-refractivity contribution in [3.8, 4) is 0 Å². The first-order valence-electron chi connectivity index (χ1n) is 2.64. The van der Waals surface area contributed by atoms with Crippen molar-refractivity contribution >= 4 is 0 Å². The smallest absolute Gasteiger partial charge is 0.637 e. The van der Waals surface area contributed by atoms with E-state index in [0.717, 1.165) is 12.4 Å². The second kappa shape index (κ2) is 3.57. The molecule has 0 saturated carbocycles.